The molecule has 0 radical (unpaired) electrons. The van der Waals surface area contributed by atoms with Gasteiger partial charge in [0.25, 0.3) is 0 Å². The molecule has 4 N–H and O–H groups in total. The Labute approximate surface area is 104 Å². The first-order valence-corrected chi connectivity index (χ1v) is 5.71. The molecule has 1 aliphatic heterocycles. The molecule has 2 rings (SSSR count). The minimum atomic E-state index is -1.27. The summed E-state index contributed by atoms with van der Waals surface area (Å²) < 4.78 is 6.71. The third kappa shape index (κ3) is 1.90. The molecular formula is C11H17N3O4. The van der Waals surface area contributed by atoms with Gasteiger partial charge in [0.05, 0.1) is 12.7 Å². The van der Waals surface area contributed by atoms with Gasteiger partial charge in [-0.15, -0.1) is 0 Å². The molecule has 1 aromatic rings. The molecule has 0 spiro atoms. The van der Waals surface area contributed by atoms with Gasteiger partial charge >= 0.3 is 5.69 Å². The monoisotopic (exact) mass is 255 g/mol. The highest BCUT2D eigenvalue weighted by Crippen LogP contribution is 2.41. The number of aliphatic hydroxyl groups is 2. The molecule has 100 valence electrons. The van der Waals surface area contributed by atoms with Gasteiger partial charge in [-0.05, 0) is 13.0 Å². The number of rotatable bonds is 2. The molecule has 0 aliphatic carbocycles. The predicted molar refractivity (Wildman–Crippen MR) is 63.7 cm³/mol. The summed E-state index contributed by atoms with van der Waals surface area (Å²) in [6, 6.07) is 1.46. The van der Waals surface area contributed by atoms with Gasteiger partial charge in [0.2, 0.25) is 0 Å². The number of hydrogen-bond acceptors (Lipinski definition) is 6. The molecule has 1 fully saturated rings. The zero-order valence-corrected chi connectivity index (χ0v) is 10.3. The SMILES string of the molecule is CC1[C@@H](CO)O[C@@H](n2ccc(N)nc2=O)[C@@]1(C)O. The first-order chi connectivity index (χ1) is 8.37. The molecule has 0 bridgehead atoms. The van der Waals surface area contributed by atoms with Gasteiger partial charge in [0, 0.05) is 12.1 Å². The Bertz CT molecular complexity index is 499. The van der Waals surface area contributed by atoms with Crippen LogP contribution in [0.3, 0.4) is 0 Å². The average Bonchev–Trinajstić information content (AvgIpc) is 2.52. The Morgan fingerprint density at radius 3 is 2.83 bits per heavy atom. The van der Waals surface area contributed by atoms with E-state index in [1.807, 2.05) is 0 Å². The van der Waals surface area contributed by atoms with E-state index in [0.717, 1.165) is 0 Å². The highest BCUT2D eigenvalue weighted by Gasteiger charge is 2.51. The summed E-state index contributed by atoms with van der Waals surface area (Å²) in [5.41, 5.74) is 3.55. The van der Waals surface area contributed by atoms with Crippen molar-refractivity contribution < 1.29 is 14.9 Å². The molecule has 7 nitrogen and oxygen atoms in total. The standard InChI is InChI=1S/C11H17N3O4/c1-6-7(5-15)18-9(11(6,2)17)14-4-3-8(12)13-10(14)16/h3-4,6-7,9,15,17H,5H2,1-2H3,(H2,12,13,16)/t6?,7-,9-,11+/m1/s1. The Hall–Kier alpha value is -1.44. The topological polar surface area (TPSA) is 111 Å². The lowest BCUT2D eigenvalue weighted by atomic mass is 9.88. The summed E-state index contributed by atoms with van der Waals surface area (Å²) in [7, 11) is 0. The van der Waals surface area contributed by atoms with Crippen LogP contribution in [0, 0.1) is 5.92 Å². The van der Waals surface area contributed by atoms with E-state index in [0.29, 0.717) is 0 Å². The highest BCUT2D eigenvalue weighted by atomic mass is 16.5. The largest absolute Gasteiger partial charge is 0.394 e. The third-order valence-corrected chi connectivity index (χ3v) is 3.57. The number of aromatic nitrogens is 2. The van der Waals surface area contributed by atoms with Gasteiger partial charge in [0.1, 0.15) is 11.4 Å². The quantitative estimate of drug-likeness (QED) is 0.631. The highest BCUT2D eigenvalue weighted by molar-refractivity contribution is 5.23. The van der Waals surface area contributed by atoms with Crippen LogP contribution in [0.15, 0.2) is 17.1 Å². The molecule has 4 atom stereocenters. The van der Waals surface area contributed by atoms with Crippen LogP contribution in [-0.2, 0) is 4.74 Å². The summed E-state index contributed by atoms with van der Waals surface area (Å²) in [6.07, 6.45) is 0.0238. The van der Waals surface area contributed by atoms with Crippen LogP contribution in [-0.4, -0.2) is 38.1 Å². The van der Waals surface area contributed by atoms with Crippen molar-refractivity contribution in [2.24, 2.45) is 5.92 Å². The molecule has 1 aliphatic rings. The van der Waals surface area contributed by atoms with E-state index in [9.17, 15) is 15.0 Å². The van der Waals surface area contributed by atoms with Crippen molar-refractivity contribution in [1.82, 2.24) is 9.55 Å². The summed E-state index contributed by atoms with van der Waals surface area (Å²) >= 11 is 0. The van der Waals surface area contributed by atoms with Crippen LogP contribution in [0.2, 0.25) is 0 Å². The fourth-order valence-corrected chi connectivity index (χ4v) is 2.18. The van der Waals surface area contributed by atoms with Crippen LogP contribution < -0.4 is 11.4 Å². The lowest BCUT2D eigenvalue weighted by molar-refractivity contribution is -0.0917. The number of anilines is 1. The number of aliphatic hydroxyl groups excluding tert-OH is 1. The normalized spacial score (nSPS) is 35.9. The van der Waals surface area contributed by atoms with E-state index in [1.54, 1.807) is 13.8 Å². The first-order valence-electron chi connectivity index (χ1n) is 5.71. The Morgan fingerprint density at radius 2 is 2.33 bits per heavy atom. The van der Waals surface area contributed by atoms with E-state index >= 15 is 0 Å². The maximum absolute atomic E-state index is 11.7. The predicted octanol–water partition coefficient (Wildman–Crippen LogP) is -0.898. The Morgan fingerprint density at radius 1 is 1.67 bits per heavy atom. The van der Waals surface area contributed by atoms with Crippen LogP contribution in [0.5, 0.6) is 0 Å². The van der Waals surface area contributed by atoms with Gasteiger partial charge in [-0.2, -0.15) is 4.98 Å². The van der Waals surface area contributed by atoms with Crippen molar-refractivity contribution in [2.75, 3.05) is 12.3 Å². The maximum Gasteiger partial charge on any atom is 0.351 e. The summed E-state index contributed by atoms with van der Waals surface area (Å²) in [6.45, 7) is 3.11. The molecule has 0 aromatic carbocycles. The zero-order chi connectivity index (χ0) is 13.5. The molecule has 1 saturated heterocycles. The van der Waals surface area contributed by atoms with Crippen molar-refractivity contribution in [3.05, 3.63) is 22.7 Å². The zero-order valence-electron chi connectivity index (χ0n) is 10.3. The van der Waals surface area contributed by atoms with Gasteiger partial charge in [0.15, 0.2) is 6.23 Å². The van der Waals surface area contributed by atoms with E-state index in [1.165, 1.54) is 16.8 Å². The first kappa shape index (κ1) is 13.0. The molecule has 1 unspecified atom stereocenters. The maximum atomic E-state index is 11.7. The van der Waals surface area contributed by atoms with Gasteiger partial charge in [-0.25, -0.2) is 4.79 Å². The second kappa shape index (κ2) is 4.34. The van der Waals surface area contributed by atoms with Crippen molar-refractivity contribution in [3.8, 4) is 0 Å². The molecule has 7 heteroatoms. The molecule has 0 amide bonds. The molecular weight excluding hydrogens is 238 g/mol. The molecule has 2 heterocycles. The average molecular weight is 255 g/mol. The van der Waals surface area contributed by atoms with E-state index < -0.39 is 23.6 Å². The van der Waals surface area contributed by atoms with Crippen LogP contribution in [0.25, 0.3) is 0 Å². The molecule has 0 saturated carbocycles. The second-order valence-corrected chi connectivity index (χ2v) is 4.77. The minimum Gasteiger partial charge on any atom is -0.394 e. The fraction of sp³-hybridized carbons (Fsp3) is 0.636. The van der Waals surface area contributed by atoms with Gasteiger partial charge in [-0.3, -0.25) is 4.57 Å². The second-order valence-electron chi connectivity index (χ2n) is 4.77. The smallest absolute Gasteiger partial charge is 0.351 e. The molecule has 18 heavy (non-hydrogen) atoms. The minimum absolute atomic E-state index is 0.112. The van der Waals surface area contributed by atoms with Crippen molar-refractivity contribution in [2.45, 2.75) is 31.8 Å². The van der Waals surface area contributed by atoms with Crippen LogP contribution >= 0.6 is 0 Å². The summed E-state index contributed by atoms with van der Waals surface area (Å²) in [4.78, 5) is 15.3. The Balaban J connectivity index is 2.42. The van der Waals surface area contributed by atoms with Crippen molar-refractivity contribution in [1.29, 1.82) is 0 Å². The summed E-state index contributed by atoms with van der Waals surface area (Å²) in [5.74, 6) is -0.197. The van der Waals surface area contributed by atoms with Crippen molar-refractivity contribution in [3.63, 3.8) is 0 Å². The molecule has 1 aromatic heterocycles. The Kier molecular flexibility index (Phi) is 3.14. The van der Waals surface area contributed by atoms with Gasteiger partial charge < -0.3 is 20.7 Å². The van der Waals surface area contributed by atoms with Crippen LogP contribution in [0.4, 0.5) is 5.82 Å². The number of nitrogens with two attached hydrogens (primary N) is 1. The van der Waals surface area contributed by atoms with E-state index in [4.69, 9.17) is 10.5 Å². The van der Waals surface area contributed by atoms with E-state index in [-0.39, 0.29) is 18.3 Å². The number of nitrogen functional groups attached to an aromatic ring is 1. The van der Waals surface area contributed by atoms with Gasteiger partial charge in [-0.1, -0.05) is 6.92 Å². The van der Waals surface area contributed by atoms with Crippen LogP contribution in [0.1, 0.15) is 20.1 Å². The summed E-state index contributed by atoms with van der Waals surface area (Å²) in [5, 5.41) is 19.6. The van der Waals surface area contributed by atoms with E-state index in [2.05, 4.69) is 4.98 Å². The van der Waals surface area contributed by atoms with Crippen molar-refractivity contribution >= 4 is 5.82 Å². The lowest BCUT2D eigenvalue weighted by Gasteiger charge is -2.28. The number of ether oxygens (including phenoxy) is 1. The number of nitrogens with zero attached hydrogens (tertiary/aromatic N) is 2. The lowest BCUT2D eigenvalue weighted by Crippen LogP contribution is -2.42. The fourth-order valence-electron chi connectivity index (χ4n) is 2.18. The third-order valence-electron chi connectivity index (χ3n) is 3.57. The number of hydrogen-bond donors (Lipinski definition) is 3.